The van der Waals surface area contributed by atoms with Crippen molar-refractivity contribution in [2.45, 2.75) is 44.4 Å². The first-order chi connectivity index (χ1) is 15.3. The summed E-state index contributed by atoms with van der Waals surface area (Å²) in [6.07, 6.45) is 1.86. The maximum absolute atomic E-state index is 13.3. The smallest absolute Gasteiger partial charge is 0.264 e. The fourth-order valence-corrected chi connectivity index (χ4v) is 6.01. The number of rotatable bonds is 9. The van der Waals surface area contributed by atoms with E-state index in [2.05, 4.69) is 29.4 Å². The van der Waals surface area contributed by atoms with E-state index in [9.17, 15) is 13.2 Å². The molecule has 0 aliphatic carbocycles. The van der Waals surface area contributed by atoms with E-state index in [1.807, 2.05) is 6.07 Å². The molecule has 170 valence electrons. The molecule has 0 bridgehead atoms. The molecule has 7 nitrogen and oxygen atoms in total. The van der Waals surface area contributed by atoms with Gasteiger partial charge in [0.05, 0.1) is 21.2 Å². The van der Waals surface area contributed by atoms with Crippen LogP contribution in [0.15, 0.2) is 53.4 Å². The zero-order valence-corrected chi connectivity index (χ0v) is 20.5. The van der Waals surface area contributed by atoms with Crippen LogP contribution < -0.4 is 9.62 Å². The molecule has 1 heterocycles. The summed E-state index contributed by atoms with van der Waals surface area (Å²) in [5.74, 6) is -0.254. The van der Waals surface area contributed by atoms with Crippen molar-refractivity contribution in [3.05, 3.63) is 64.1 Å². The van der Waals surface area contributed by atoms with Crippen LogP contribution in [0.3, 0.4) is 0 Å². The number of hydrogen-bond acceptors (Lipinski definition) is 6. The van der Waals surface area contributed by atoms with Crippen molar-refractivity contribution in [3.8, 4) is 0 Å². The second-order valence-electron chi connectivity index (χ2n) is 7.06. The number of amides is 1. The van der Waals surface area contributed by atoms with Gasteiger partial charge < -0.3 is 0 Å². The molecule has 0 saturated carbocycles. The van der Waals surface area contributed by atoms with E-state index in [0.29, 0.717) is 10.8 Å². The molecule has 1 N–H and O–H groups in total. The lowest BCUT2D eigenvalue weighted by atomic mass is 10.1. The Labute approximate surface area is 197 Å². The Morgan fingerprint density at radius 1 is 1.09 bits per heavy atom. The largest absolute Gasteiger partial charge is 0.296 e. The van der Waals surface area contributed by atoms with Gasteiger partial charge in [0.2, 0.25) is 5.13 Å². The average molecular weight is 493 g/mol. The van der Waals surface area contributed by atoms with Crippen LogP contribution in [0, 0.1) is 0 Å². The van der Waals surface area contributed by atoms with E-state index < -0.39 is 15.9 Å². The first-order valence-corrected chi connectivity index (χ1v) is 13.0. The highest BCUT2D eigenvalue weighted by atomic mass is 35.5. The Hall–Kier alpha value is -2.49. The van der Waals surface area contributed by atoms with Gasteiger partial charge in [-0.3, -0.25) is 14.4 Å². The predicted octanol–water partition coefficient (Wildman–Crippen LogP) is 5.56. The predicted molar refractivity (Wildman–Crippen MR) is 129 cm³/mol. The number of aromatic nitrogens is 2. The van der Waals surface area contributed by atoms with Crippen molar-refractivity contribution in [2.24, 2.45) is 0 Å². The summed E-state index contributed by atoms with van der Waals surface area (Å²) in [6.45, 7) is 6.14. The standard InChI is InChI=1S/C22H25ClN4O3S2/c1-4-15(5-2)21-25-26-22(31-21)24-20(28)18-14-17(12-13-19(18)23)32(29,30)27(6-3)16-10-8-7-9-11-16/h7-15H,4-6H2,1-3H3,(H,24,26,28). The quantitative estimate of drug-likeness (QED) is 0.422. The second-order valence-corrected chi connectivity index (χ2v) is 10.3. The number of benzene rings is 2. The van der Waals surface area contributed by atoms with Gasteiger partial charge >= 0.3 is 0 Å². The number of sulfonamides is 1. The Kier molecular flexibility index (Phi) is 7.86. The first kappa shape index (κ1) is 24.2. The topological polar surface area (TPSA) is 92.3 Å². The Morgan fingerprint density at radius 2 is 1.78 bits per heavy atom. The molecule has 1 amide bonds. The van der Waals surface area contributed by atoms with Crippen LogP contribution in [-0.4, -0.2) is 31.1 Å². The van der Waals surface area contributed by atoms with Crippen LogP contribution in [0.2, 0.25) is 5.02 Å². The van der Waals surface area contributed by atoms with Gasteiger partial charge in [0.25, 0.3) is 15.9 Å². The number of nitrogens with zero attached hydrogens (tertiary/aromatic N) is 3. The molecule has 0 atom stereocenters. The molecular weight excluding hydrogens is 468 g/mol. The summed E-state index contributed by atoms with van der Waals surface area (Å²) in [5, 5.41) is 12.3. The van der Waals surface area contributed by atoms with Gasteiger partial charge in [-0.05, 0) is 50.1 Å². The van der Waals surface area contributed by atoms with Crippen LogP contribution in [0.4, 0.5) is 10.8 Å². The van der Waals surface area contributed by atoms with Crippen LogP contribution >= 0.6 is 22.9 Å². The third-order valence-corrected chi connectivity index (χ3v) is 8.33. The molecule has 0 aliphatic heterocycles. The molecule has 0 spiro atoms. The molecule has 0 radical (unpaired) electrons. The summed E-state index contributed by atoms with van der Waals surface area (Å²) in [4.78, 5) is 12.9. The molecule has 0 fully saturated rings. The van der Waals surface area contributed by atoms with Crippen LogP contribution in [0.1, 0.15) is 54.9 Å². The Bertz CT molecular complexity index is 1180. The molecule has 0 unspecified atom stereocenters. The van der Waals surface area contributed by atoms with Crippen LogP contribution in [0.25, 0.3) is 0 Å². The number of halogens is 1. The maximum Gasteiger partial charge on any atom is 0.264 e. The van der Waals surface area contributed by atoms with Gasteiger partial charge in [-0.1, -0.05) is 55.0 Å². The molecule has 0 saturated heterocycles. The summed E-state index contributed by atoms with van der Waals surface area (Å²) >= 11 is 7.55. The van der Waals surface area contributed by atoms with Gasteiger partial charge in [0.15, 0.2) is 0 Å². The average Bonchev–Trinajstić information content (AvgIpc) is 3.24. The van der Waals surface area contributed by atoms with Crippen LogP contribution in [0.5, 0.6) is 0 Å². The van der Waals surface area contributed by atoms with Crippen molar-refractivity contribution in [3.63, 3.8) is 0 Å². The zero-order valence-electron chi connectivity index (χ0n) is 18.1. The number of anilines is 2. The highest BCUT2D eigenvalue weighted by Gasteiger charge is 2.26. The highest BCUT2D eigenvalue weighted by molar-refractivity contribution is 7.92. The van der Waals surface area contributed by atoms with Crippen molar-refractivity contribution in [2.75, 3.05) is 16.2 Å². The first-order valence-electron chi connectivity index (χ1n) is 10.3. The zero-order chi connectivity index (χ0) is 23.3. The van der Waals surface area contributed by atoms with Crippen molar-refractivity contribution in [1.29, 1.82) is 0 Å². The summed E-state index contributed by atoms with van der Waals surface area (Å²) in [7, 11) is -3.89. The normalized spacial score (nSPS) is 11.5. The lowest BCUT2D eigenvalue weighted by molar-refractivity contribution is 0.102. The van der Waals surface area contributed by atoms with Crippen LogP contribution in [-0.2, 0) is 10.0 Å². The minimum Gasteiger partial charge on any atom is -0.296 e. The van der Waals surface area contributed by atoms with Crippen molar-refractivity contribution in [1.82, 2.24) is 10.2 Å². The maximum atomic E-state index is 13.3. The monoisotopic (exact) mass is 492 g/mol. The van der Waals surface area contributed by atoms with Crippen molar-refractivity contribution < 1.29 is 13.2 Å². The lowest BCUT2D eigenvalue weighted by Gasteiger charge is -2.23. The number of para-hydroxylation sites is 1. The van der Waals surface area contributed by atoms with E-state index in [-0.39, 0.29) is 27.9 Å². The molecule has 10 heteroatoms. The fraction of sp³-hybridized carbons (Fsp3) is 0.318. The minimum atomic E-state index is -3.89. The van der Waals surface area contributed by atoms with E-state index >= 15 is 0 Å². The molecule has 3 rings (SSSR count). The number of carbonyl (C=O) groups is 1. The van der Waals surface area contributed by atoms with Gasteiger partial charge in [0.1, 0.15) is 5.01 Å². The van der Waals surface area contributed by atoms with Gasteiger partial charge in [-0.15, -0.1) is 10.2 Å². The number of carbonyl (C=O) groups excluding carboxylic acids is 1. The van der Waals surface area contributed by atoms with Gasteiger partial charge in [-0.25, -0.2) is 8.42 Å². The molecule has 0 aliphatic rings. The van der Waals surface area contributed by atoms with E-state index in [0.717, 1.165) is 17.8 Å². The molecule has 1 aromatic heterocycles. The summed E-state index contributed by atoms with van der Waals surface area (Å²) < 4.78 is 27.8. The summed E-state index contributed by atoms with van der Waals surface area (Å²) in [5.41, 5.74) is 0.592. The van der Waals surface area contributed by atoms with Gasteiger partial charge in [-0.2, -0.15) is 0 Å². The second kappa shape index (κ2) is 10.4. The van der Waals surface area contributed by atoms with Gasteiger partial charge in [0, 0.05) is 12.5 Å². The van der Waals surface area contributed by atoms with Crippen molar-refractivity contribution >= 4 is 49.7 Å². The van der Waals surface area contributed by atoms with E-state index in [4.69, 9.17) is 11.6 Å². The minimum absolute atomic E-state index is 0.0206. The Morgan fingerprint density at radius 3 is 2.41 bits per heavy atom. The SMILES string of the molecule is CCC(CC)c1nnc(NC(=O)c2cc(S(=O)(=O)N(CC)c3ccccc3)ccc2Cl)s1. The highest BCUT2D eigenvalue weighted by Crippen LogP contribution is 2.30. The summed E-state index contributed by atoms with van der Waals surface area (Å²) in [6, 6.07) is 12.9. The third-order valence-electron chi connectivity index (χ3n) is 5.10. The fourth-order valence-electron chi connectivity index (χ4n) is 3.30. The molecule has 32 heavy (non-hydrogen) atoms. The molecule has 2 aromatic carbocycles. The molecular formula is C22H25ClN4O3S2. The third kappa shape index (κ3) is 5.11. The molecule has 3 aromatic rings. The van der Waals surface area contributed by atoms with E-state index in [1.165, 1.54) is 33.8 Å². The lowest BCUT2D eigenvalue weighted by Crippen LogP contribution is -2.31. The number of nitrogens with one attached hydrogen (secondary N) is 1. The van der Waals surface area contributed by atoms with E-state index in [1.54, 1.807) is 31.2 Å². The number of hydrogen-bond donors (Lipinski definition) is 1. The Balaban J connectivity index is 1.89.